The number of nitrogens with zero attached hydrogens (tertiary/aromatic N) is 3. The Balaban J connectivity index is 1.94. The lowest BCUT2D eigenvalue weighted by Crippen LogP contribution is -2.45. The van der Waals surface area contributed by atoms with Crippen molar-refractivity contribution in [1.29, 1.82) is 5.26 Å². The lowest BCUT2D eigenvalue weighted by atomic mass is 10.2. The Bertz CT molecular complexity index is 453. The Hall–Kier alpha value is -1.65. The lowest BCUT2D eigenvalue weighted by molar-refractivity contribution is -0.136. The highest BCUT2D eigenvalue weighted by Gasteiger charge is 2.24. The Labute approximate surface area is 103 Å². The normalized spacial score (nSPS) is 19.9. The zero-order chi connectivity index (χ0) is 12.3. The summed E-state index contributed by atoms with van der Waals surface area (Å²) in [6.07, 6.45) is -0.292. The van der Waals surface area contributed by atoms with Crippen molar-refractivity contribution in [3.05, 3.63) is 11.1 Å². The average molecular weight is 252 g/mol. The van der Waals surface area contributed by atoms with Crippen LogP contribution in [0.1, 0.15) is 5.69 Å². The second-order valence-electron chi connectivity index (χ2n) is 3.68. The van der Waals surface area contributed by atoms with Gasteiger partial charge < -0.3 is 15.4 Å². The van der Waals surface area contributed by atoms with Gasteiger partial charge in [-0.3, -0.25) is 4.79 Å². The Morgan fingerprint density at radius 1 is 1.82 bits per heavy atom. The zero-order valence-corrected chi connectivity index (χ0v) is 9.94. The summed E-state index contributed by atoms with van der Waals surface area (Å²) in [4.78, 5) is 17.6. The second-order valence-corrected chi connectivity index (χ2v) is 4.57. The van der Waals surface area contributed by atoms with Gasteiger partial charge in [-0.1, -0.05) is 0 Å². The molecule has 1 aliphatic rings. The largest absolute Gasteiger partial charge is 0.375 e. The first-order valence-electron chi connectivity index (χ1n) is 5.18. The molecule has 0 spiro atoms. The van der Waals surface area contributed by atoms with Gasteiger partial charge in [0.1, 0.15) is 0 Å². The number of nitrogens with two attached hydrogens (primary N) is 1. The molecule has 0 aromatic carbocycles. The molecule has 2 N–H and O–H groups in total. The summed E-state index contributed by atoms with van der Waals surface area (Å²) in [7, 11) is 0. The molecule has 0 radical (unpaired) electrons. The molecule has 2 rings (SSSR count). The van der Waals surface area contributed by atoms with Crippen LogP contribution in [0.3, 0.4) is 0 Å². The van der Waals surface area contributed by atoms with Crippen LogP contribution >= 0.6 is 11.3 Å². The minimum atomic E-state index is -0.520. The molecule has 0 saturated carbocycles. The smallest absolute Gasteiger partial charge is 0.228 e. The fourth-order valence-corrected chi connectivity index (χ4v) is 2.19. The molecule has 1 unspecified atom stereocenters. The predicted octanol–water partition coefficient (Wildman–Crippen LogP) is 0.0188. The van der Waals surface area contributed by atoms with E-state index < -0.39 is 6.10 Å². The Morgan fingerprint density at radius 3 is 3.29 bits per heavy atom. The molecule has 0 aliphatic carbocycles. The summed E-state index contributed by atoms with van der Waals surface area (Å²) < 4.78 is 5.17. The van der Waals surface area contributed by atoms with Gasteiger partial charge in [0.2, 0.25) is 5.91 Å². The molecule has 17 heavy (non-hydrogen) atoms. The lowest BCUT2D eigenvalue weighted by Gasteiger charge is -2.29. The summed E-state index contributed by atoms with van der Waals surface area (Å²) in [6.45, 7) is 1.26. The van der Waals surface area contributed by atoms with Gasteiger partial charge in [0.05, 0.1) is 31.3 Å². The number of hydrogen-bond acceptors (Lipinski definition) is 6. The van der Waals surface area contributed by atoms with Crippen molar-refractivity contribution in [2.45, 2.75) is 12.5 Å². The molecule has 1 amide bonds. The number of amides is 1. The summed E-state index contributed by atoms with van der Waals surface area (Å²) in [5.41, 5.74) is 6.17. The number of nitrogen functional groups attached to an aromatic ring is 1. The van der Waals surface area contributed by atoms with E-state index >= 15 is 0 Å². The molecule has 1 aliphatic heterocycles. The molecule has 6 nitrogen and oxygen atoms in total. The number of aromatic nitrogens is 1. The molecule has 1 aromatic rings. The van der Waals surface area contributed by atoms with Crippen molar-refractivity contribution >= 4 is 22.4 Å². The second kappa shape index (κ2) is 5.12. The maximum Gasteiger partial charge on any atom is 0.228 e. The van der Waals surface area contributed by atoms with E-state index in [0.717, 1.165) is 0 Å². The van der Waals surface area contributed by atoms with E-state index in [9.17, 15) is 4.79 Å². The Morgan fingerprint density at radius 2 is 2.65 bits per heavy atom. The van der Waals surface area contributed by atoms with Crippen LogP contribution in [0.2, 0.25) is 0 Å². The van der Waals surface area contributed by atoms with Gasteiger partial charge in [-0.05, 0) is 0 Å². The number of rotatable bonds is 2. The summed E-state index contributed by atoms with van der Waals surface area (Å²) in [6, 6.07) is 2.01. The number of hydrogen-bond donors (Lipinski definition) is 1. The van der Waals surface area contributed by atoms with Gasteiger partial charge in [0.15, 0.2) is 11.2 Å². The maximum atomic E-state index is 11.9. The Kier molecular flexibility index (Phi) is 3.56. The van der Waals surface area contributed by atoms with Crippen molar-refractivity contribution < 1.29 is 9.53 Å². The molecular formula is C10H12N4O2S. The van der Waals surface area contributed by atoms with Gasteiger partial charge in [-0.25, -0.2) is 4.98 Å². The molecule has 7 heteroatoms. The first kappa shape index (κ1) is 11.8. The SMILES string of the molecule is N#CC1CN(C(=O)Cc2csc(N)n2)CCO1. The van der Waals surface area contributed by atoms with Crippen LogP contribution < -0.4 is 5.73 Å². The summed E-state index contributed by atoms with van der Waals surface area (Å²) >= 11 is 1.32. The summed E-state index contributed by atoms with van der Waals surface area (Å²) in [5, 5.41) is 11.0. The molecule has 1 fully saturated rings. The summed E-state index contributed by atoms with van der Waals surface area (Å²) in [5.74, 6) is -0.0427. The van der Waals surface area contributed by atoms with Crippen molar-refractivity contribution in [2.24, 2.45) is 0 Å². The van der Waals surface area contributed by atoms with Crippen LogP contribution in [0.15, 0.2) is 5.38 Å². The minimum Gasteiger partial charge on any atom is -0.375 e. The predicted molar refractivity (Wildman–Crippen MR) is 62.2 cm³/mol. The average Bonchev–Trinajstić information content (AvgIpc) is 2.75. The van der Waals surface area contributed by atoms with Crippen molar-refractivity contribution in [3.8, 4) is 6.07 Å². The topological polar surface area (TPSA) is 92.2 Å². The van der Waals surface area contributed by atoms with Crippen LogP contribution in [0.4, 0.5) is 5.13 Å². The fraction of sp³-hybridized carbons (Fsp3) is 0.500. The monoisotopic (exact) mass is 252 g/mol. The third-order valence-electron chi connectivity index (χ3n) is 2.47. The fourth-order valence-electron chi connectivity index (χ4n) is 1.62. The number of nitriles is 1. The highest BCUT2D eigenvalue weighted by atomic mass is 32.1. The molecule has 2 heterocycles. The van der Waals surface area contributed by atoms with E-state index in [-0.39, 0.29) is 12.3 Å². The van der Waals surface area contributed by atoms with Crippen LogP contribution in [-0.2, 0) is 16.0 Å². The molecule has 1 aromatic heterocycles. The number of ether oxygens (including phenoxy) is 1. The molecule has 1 atom stereocenters. The van der Waals surface area contributed by atoms with Gasteiger partial charge in [-0.15, -0.1) is 11.3 Å². The van der Waals surface area contributed by atoms with Gasteiger partial charge >= 0.3 is 0 Å². The third-order valence-corrected chi connectivity index (χ3v) is 3.19. The number of carbonyl (C=O) groups excluding carboxylic acids is 1. The number of morpholine rings is 1. The number of anilines is 1. The number of carbonyl (C=O) groups is 1. The third kappa shape index (κ3) is 2.93. The van der Waals surface area contributed by atoms with Crippen LogP contribution in [0.25, 0.3) is 0 Å². The van der Waals surface area contributed by atoms with Crippen LogP contribution in [0, 0.1) is 11.3 Å². The molecule has 0 bridgehead atoms. The highest BCUT2D eigenvalue weighted by molar-refractivity contribution is 7.13. The molecule has 1 saturated heterocycles. The van der Waals surface area contributed by atoms with Crippen molar-refractivity contribution in [3.63, 3.8) is 0 Å². The van der Waals surface area contributed by atoms with E-state index in [2.05, 4.69) is 4.98 Å². The van der Waals surface area contributed by atoms with Gasteiger partial charge in [0.25, 0.3) is 0 Å². The first-order valence-corrected chi connectivity index (χ1v) is 6.06. The minimum absolute atomic E-state index is 0.0427. The molecule has 90 valence electrons. The number of thiazole rings is 1. The van der Waals surface area contributed by atoms with E-state index in [4.69, 9.17) is 15.7 Å². The van der Waals surface area contributed by atoms with E-state index in [1.807, 2.05) is 6.07 Å². The maximum absolute atomic E-state index is 11.9. The van der Waals surface area contributed by atoms with Gasteiger partial charge in [-0.2, -0.15) is 5.26 Å². The van der Waals surface area contributed by atoms with Crippen LogP contribution in [0.5, 0.6) is 0 Å². The van der Waals surface area contributed by atoms with Crippen molar-refractivity contribution in [2.75, 3.05) is 25.4 Å². The quantitative estimate of drug-likeness (QED) is 0.801. The first-order chi connectivity index (χ1) is 8.19. The van der Waals surface area contributed by atoms with Crippen molar-refractivity contribution in [1.82, 2.24) is 9.88 Å². The van der Waals surface area contributed by atoms with E-state index in [0.29, 0.717) is 30.5 Å². The van der Waals surface area contributed by atoms with Gasteiger partial charge in [0, 0.05) is 11.9 Å². The van der Waals surface area contributed by atoms with E-state index in [1.54, 1.807) is 10.3 Å². The highest BCUT2D eigenvalue weighted by Crippen LogP contribution is 2.13. The zero-order valence-electron chi connectivity index (χ0n) is 9.13. The molecular weight excluding hydrogens is 240 g/mol. The van der Waals surface area contributed by atoms with Crippen LogP contribution in [-0.4, -0.2) is 41.6 Å². The standard InChI is InChI=1S/C10H12N4O2S/c11-4-8-5-14(1-2-16-8)9(15)3-7-6-17-10(12)13-7/h6,8H,1-3,5H2,(H2,12,13). The van der Waals surface area contributed by atoms with E-state index in [1.165, 1.54) is 11.3 Å².